The Kier molecular flexibility index (Phi) is 3.56. The highest BCUT2D eigenvalue weighted by Crippen LogP contribution is 2.29. The number of rotatable bonds is 4. The molecule has 0 radical (unpaired) electrons. The van der Waals surface area contributed by atoms with Crippen LogP contribution in [0.5, 0.6) is 0 Å². The first-order valence-corrected chi connectivity index (χ1v) is 6.70. The highest BCUT2D eigenvalue weighted by molar-refractivity contribution is 7.92. The molecule has 0 N–H and O–H groups in total. The molecule has 6 heteroatoms. The summed E-state index contributed by atoms with van der Waals surface area (Å²) in [5.41, 5.74) is 0.906. The minimum atomic E-state index is -3.97. The van der Waals surface area contributed by atoms with E-state index >= 15 is 0 Å². The van der Waals surface area contributed by atoms with Crippen molar-refractivity contribution in [3.8, 4) is 0 Å². The largest absolute Gasteiger partial charge is 0.320 e. The average molecular weight is 257 g/mol. The van der Waals surface area contributed by atoms with Gasteiger partial charge in [0.25, 0.3) is 0 Å². The molecular weight excluding hydrogens is 242 g/mol. The van der Waals surface area contributed by atoms with Crippen LogP contribution in [0.15, 0.2) is 29.2 Å². The fourth-order valence-corrected chi connectivity index (χ4v) is 2.97. The van der Waals surface area contributed by atoms with Crippen LogP contribution in [0.4, 0.5) is 0 Å². The van der Waals surface area contributed by atoms with E-state index in [-0.39, 0.29) is 11.3 Å². The van der Waals surface area contributed by atoms with Gasteiger partial charge in [0.1, 0.15) is 0 Å². The SMILES string of the molecule is CC[C@](C)([N+](=O)[O-])S(=O)(=O)c1ccc(C)cc1. The summed E-state index contributed by atoms with van der Waals surface area (Å²) >= 11 is 0. The molecule has 0 bridgehead atoms. The van der Waals surface area contributed by atoms with Gasteiger partial charge in [-0.3, -0.25) is 10.1 Å². The highest BCUT2D eigenvalue weighted by atomic mass is 32.2. The Morgan fingerprint density at radius 2 is 1.76 bits per heavy atom. The molecule has 0 aliphatic rings. The first-order chi connectivity index (χ1) is 7.75. The predicted octanol–water partition coefficient (Wildman–Crippen LogP) is 2.17. The molecule has 1 atom stereocenters. The third kappa shape index (κ3) is 2.17. The summed E-state index contributed by atoms with van der Waals surface area (Å²) in [6, 6.07) is 6.07. The molecular formula is C11H15NO4S. The molecule has 0 aliphatic heterocycles. The summed E-state index contributed by atoms with van der Waals surface area (Å²) < 4.78 is 24.4. The average Bonchev–Trinajstić information content (AvgIpc) is 2.28. The van der Waals surface area contributed by atoms with E-state index in [1.54, 1.807) is 12.1 Å². The van der Waals surface area contributed by atoms with Gasteiger partial charge in [-0.2, -0.15) is 0 Å². The van der Waals surface area contributed by atoms with Crippen molar-refractivity contribution < 1.29 is 13.3 Å². The van der Waals surface area contributed by atoms with E-state index in [2.05, 4.69) is 0 Å². The Labute approximate surface area is 101 Å². The third-order valence-corrected chi connectivity index (χ3v) is 5.44. The molecule has 1 aromatic carbocycles. The molecule has 0 spiro atoms. The zero-order chi connectivity index (χ0) is 13.3. The molecule has 0 aromatic heterocycles. The molecule has 0 amide bonds. The van der Waals surface area contributed by atoms with Crippen LogP contribution in [-0.2, 0) is 9.84 Å². The van der Waals surface area contributed by atoms with Crippen LogP contribution in [0.1, 0.15) is 25.8 Å². The molecule has 0 aliphatic carbocycles. The van der Waals surface area contributed by atoms with Crippen LogP contribution in [0.2, 0.25) is 0 Å². The summed E-state index contributed by atoms with van der Waals surface area (Å²) in [4.78, 5) is 8.25. The smallest absolute Gasteiger partial charge is 0.263 e. The summed E-state index contributed by atoms with van der Waals surface area (Å²) in [5.74, 6) is 0. The van der Waals surface area contributed by atoms with Gasteiger partial charge < -0.3 is 0 Å². The molecule has 5 nitrogen and oxygen atoms in total. The van der Waals surface area contributed by atoms with Gasteiger partial charge in [-0.15, -0.1) is 0 Å². The molecule has 17 heavy (non-hydrogen) atoms. The number of benzene rings is 1. The molecule has 0 fully saturated rings. The van der Waals surface area contributed by atoms with Crippen molar-refractivity contribution in [3.63, 3.8) is 0 Å². The normalized spacial score (nSPS) is 15.2. The quantitative estimate of drug-likeness (QED) is 0.611. The third-order valence-electron chi connectivity index (χ3n) is 2.95. The summed E-state index contributed by atoms with van der Waals surface area (Å²) in [6.07, 6.45) is -0.0732. The van der Waals surface area contributed by atoms with E-state index in [4.69, 9.17) is 0 Å². The van der Waals surface area contributed by atoms with Crippen LogP contribution in [-0.4, -0.2) is 18.2 Å². The zero-order valence-corrected chi connectivity index (χ0v) is 10.8. The molecule has 1 rings (SSSR count). The van der Waals surface area contributed by atoms with Gasteiger partial charge in [0.05, 0.1) is 4.90 Å². The highest BCUT2D eigenvalue weighted by Gasteiger charge is 2.50. The van der Waals surface area contributed by atoms with Crippen molar-refractivity contribution in [3.05, 3.63) is 39.9 Å². The van der Waals surface area contributed by atoms with Crippen LogP contribution < -0.4 is 0 Å². The van der Waals surface area contributed by atoms with E-state index in [1.165, 1.54) is 19.1 Å². The van der Waals surface area contributed by atoms with E-state index in [1.807, 2.05) is 6.92 Å². The lowest BCUT2D eigenvalue weighted by Crippen LogP contribution is -2.42. The number of nitrogens with zero attached hydrogens (tertiary/aromatic N) is 1. The number of sulfone groups is 1. The number of hydrogen-bond donors (Lipinski definition) is 0. The van der Waals surface area contributed by atoms with Gasteiger partial charge in [0.15, 0.2) is 0 Å². The number of nitro groups is 1. The second-order valence-corrected chi connectivity index (χ2v) is 6.46. The summed E-state index contributed by atoms with van der Waals surface area (Å²) in [7, 11) is -3.97. The second-order valence-electron chi connectivity index (χ2n) is 4.10. The van der Waals surface area contributed by atoms with Crippen LogP contribution >= 0.6 is 0 Å². The first kappa shape index (κ1) is 13.6. The number of hydrogen-bond acceptors (Lipinski definition) is 4. The lowest BCUT2D eigenvalue weighted by Gasteiger charge is -2.19. The van der Waals surface area contributed by atoms with Crippen LogP contribution in [0.3, 0.4) is 0 Å². The minimum Gasteiger partial charge on any atom is -0.263 e. The van der Waals surface area contributed by atoms with Crippen molar-refractivity contribution in [2.45, 2.75) is 37.0 Å². The lowest BCUT2D eigenvalue weighted by atomic mass is 10.2. The molecule has 0 saturated carbocycles. The predicted molar refractivity (Wildman–Crippen MR) is 64.1 cm³/mol. The van der Waals surface area contributed by atoms with E-state index in [0.29, 0.717) is 0 Å². The molecule has 0 heterocycles. The van der Waals surface area contributed by atoms with Gasteiger partial charge in [0.2, 0.25) is 9.84 Å². The van der Waals surface area contributed by atoms with Gasteiger partial charge in [-0.25, -0.2) is 8.42 Å². The Morgan fingerprint density at radius 3 is 2.12 bits per heavy atom. The zero-order valence-electron chi connectivity index (χ0n) is 10.0. The fraction of sp³-hybridized carbons (Fsp3) is 0.455. The maximum atomic E-state index is 12.2. The van der Waals surface area contributed by atoms with Gasteiger partial charge in [-0.1, -0.05) is 24.6 Å². The fourth-order valence-electron chi connectivity index (χ4n) is 1.39. The van der Waals surface area contributed by atoms with Crippen molar-refractivity contribution in [2.75, 3.05) is 0 Å². The van der Waals surface area contributed by atoms with E-state index in [9.17, 15) is 18.5 Å². The summed E-state index contributed by atoms with van der Waals surface area (Å²) in [6.45, 7) is 4.46. The molecule has 1 aromatic rings. The maximum Gasteiger partial charge on any atom is 0.320 e. The van der Waals surface area contributed by atoms with Crippen molar-refractivity contribution >= 4 is 9.84 Å². The second kappa shape index (κ2) is 4.44. The first-order valence-electron chi connectivity index (χ1n) is 5.21. The van der Waals surface area contributed by atoms with Crippen molar-refractivity contribution in [2.24, 2.45) is 0 Å². The molecule has 94 valence electrons. The Morgan fingerprint density at radius 1 is 1.29 bits per heavy atom. The van der Waals surface area contributed by atoms with Gasteiger partial charge >= 0.3 is 4.87 Å². The molecule has 0 saturated heterocycles. The Balaban J connectivity index is 3.37. The summed E-state index contributed by atoms with van der Waals surface area (Å²) in [5, 5.41) is 11.0. The van der Waals surface area contributed by atoms with Crippen molar-refractivity contribution in [1.29, 1.82) is 0 Å². The van der Waals surface area contributed by atoms with E-state index in [0.717, 1.165) is 12.5 Å². The van der Waals surface area contributed by atoms with E-state index < -0.39 is 19.6 Å². The molecule has 0 unspecified atom stereocenters. The standard InChI is InChI=1S/C11H15NO4S/c1-4-11(3,12(13)14)17(15,16)10-7-5-9(2)6-8-10/h5-8H,4H2,1-3H3/t11-/m1/s1. The van der Waals surface area contributed by atoms with Crippen molar-refractivity contribution in [1.82, 2.24) is 0 Å². The van der Waals surface area contributed by atoms with Gasteiger partial charge in [-0.05, 0) is 19.1 Å². The monoisotopic (exact) mass is 257 g/mol. The van der Waals surface area contributed by atoms with Gasteiger partial charge in [0, 0.05) is 18.3 Å². The Hall–Kier alpha value is -1.43. The maximum absolute atomic E-state index is 12.2. The van der Waals surface area contributed by atoms with Crippen LogP contribution in [0.25, 0.3) is 0 Å². The van der Waals surface area contributed by atoms with Crippen LogP contribution in [0, 0.1) is 17.0 Å². The lowest BCUT2D eigenvalue weighted by molar-refractivity contribution is -0.536. The topological polar surface area (TPSA) is 77.3 Å². The Bertz CT molecular complexity index is 521. The number of aryl methyl sites for hydroxylation is 1. The minimum absolute atomic E-state index is 0.0100.